The van der Waals surface area contributed by atoms with Crippen LogP contribution in [0.5, 0.6) is 0 Å². The molecule has 32 heavy (non-hydrogen) atoms. The van der Waals surface area contributed by atoms with Crippen molar-refractivity contribution in [2.24, 2.45) is 5.92 Å². The van der Waals surface area contributed by atoms with Gasteiger partial charge in [-0.15, -0.1) is 0 Å². The molecular weight excluding hydrogens is 398 g/mol. The van der Waals surface area contributed by atoms with Crippen LogP contribution in [0.15, 0.2) is 42.5 Å². The number of hydrogen-bond acceptors (Lipinski definition) is 4. The quantitative estimate of drug-likeness (QED) is 0.590. The van der Waals surface area contributed by atoms with E-state index in [0.29, 0.717) is 12.3 Å². The third-order valence-corrected chi connectivity index (χ3v) is 7.26. The van der Waals surface area contributed by atoms with Crippen LogP contribution >= 0.6 is 0 Å². The van der Waals surface area contributed by atoms with Crippen LogP contribution in [-0.2, 0) is 11.2 Å². The second kappa shape index (κ2) is 11.8. The number of carbonyl (C=O) groups is 1. The summed E-state index contributed by atoms with van der Waals surface area (Å²) in [6.45, 7) is 7.18. The zero-order valence-corrected chi connectivity index (χ0v) is 19.3. The number of piperidine rings is 2. The molecule has 0 unspecified atom stereocenters. The first-order valence-electron chi connectivity index (χ1n) is 12.5. The van der Waals surface area contributed by atoms with E-state index in [1.807, 2.05) is 12.1 Å². The van der Waals surface area contributed by atoms with Gasteiger partial charge in [0.05, 0.1) is 12.5 Å². The lowest BCUT2D eigenvalue weighted by Gasteiger charge is -2.32. The fourth-order valence-electron chi connectivity index (χ4n) is 5.14. The second-order valence-corrected chi connectivity index (χ2v) is 9.62. The number of carbonyl (C=O) groups excluding carboxylic acids is 1. The minimum Gasteiger partial charge on any atom is -0.393 e. The van der Waals surface area contributed by atoms with Crippen molar-refractivity contribution < 1.29 is 9.90 Å². The fraction of sp³-hybridized carbons (Fsp3) is 0.593. The first-order valence-corrected chi connectivity index (χ1v) is 12.5. The molecule has 0 aromatic heterocycles. The van der Waals surface area contributed by atoms with Gasteiger partial charge in [-0.2, -0.15) is 0 Å². The highest BCUT2D eigenvalue weighted by atomic mass is 16.3. The third-order valence-electron chi connectivity index (χ3n) is 7.26. The number of likely N-dealkylation sites (tertiary alicyclic amines) is 2. The number of benzene rings is 2. The maximum absolute atomic E-state index is 12.9. The summed E-state index contributed by atoms with van der Waals surface area (Å²) in [4.78, 5) is 17.4. The first kappa shape index (κ1) is 23.2. The summed E-state index contributed by atoms with van der Waals surface area (Å²) in [6, 6.07) is 14.6. The lowest BCUT2D eigenvalue weighted by atomic mass is 9.95. The van der Waals surface area contributed by atoms with Gasteiger partial charge in [-0.3, -0.25) is 4.79 Å². The van der Waals surface area contributed by atoms with Crippen LogP contribution in [0.4, 0.5) is 0 Å². The summed E-state index contributed by atoms with van der Waals surface area (Å²) in [5.74, 6) is 0.943. The van der Waals surface area contributed by atoms with Crippen molar-refractivity contribution >= 4 is 16.7 Å². The van der Waals surface area contributed by atoms with Gasteiger partial charge in [0.1, 0.15) is 0 Å². The van der Waals surface area contributed by atoms with E-state index in [2.05, 4.69) is 45.4 Å². The standard InChI is InChI=1S/C27H39N3O2/c31-25-12-16-29(17-13-25)15-4-3-14-28-21-22-10-18-30(19-11-22)27(32)20-24-8-5-7-23-6-1-2-9-26(23)24/h1-2,5-9,22,25,28,31H,3-4,10-21H2. The number of nitrogens with one attached hydrogen (secondary N) is 1. The molecule has 2 heterocycles. The van der Waals surface area contributed by atoms with Crippen LogP contribution in [0.25, 0.3) is 10.8 Å². The van der Waals surface area contributed by atoms with E-state index in [1.54, 1.807) is 0 Å². The zero-order valence-electron chi connectivity index (χ0n) is 19.3. The van der Waals surface area contributed by atoms with Gasteiger partial charge in [-0.05, 0) is 80.4 Å². The van der Waals surface area contributed by atoms with Gasteiger partial charge in [0, 0.05) is 26.2 Å². The minimum absolute atomic E-state index is 0.0761. The van der Waals surface area contributed by atoms with Crippen molar-refractivity contribution in [1.29, 1.82) is 0 Å². The van der Waals surface area contributed by atoms with E-state index in [9.17, 15) is 9.90 Å². The Hall–Kier alpha value is -1.95. The molecule has 0 radical (unpaired) electrons. The second-order valence-electron chi connectivity index (χ2n) is 9.62. The lowest BCUT2D eigenvalue weighted by Crippen LogP contribution is -2.41. The molecule has 2 aromatic carbocycles. The molecule has 2 N–H and O–H groups in total. The summed E-state index contributed by atoms with van der Waals surface area (Å²) in [6.07, 6.45) is 6.93. The monoisotopic (exact) mass is 437 g/mol. The van der Waals surface area contributed by atoms with Gasteiger partial charge >= 0.3 is 0 Å². The average molecular weight is 438 g/mol. The number of nitrogens with zero attached hydrogens (tertiary/aromatic N) is 2. The summed E-state index contributed by atoms with van der Waals surface area (Å²) < 4.78 is 0. The molecule has 2 aromatic rings. The van der Waals surface area contributed by atoms with Gasteiger partial charge in [-0.25, -0.2) is 0 Å². The third kappa shape index (κ3) is 6.53. The van der Waals surface area contributed by atoms with E-state index < -0.39 is 0 Å². The Balaban J connectivity index is 1.10. The maximum atomic E-state index is 12.9. The van der Waals surface area contributed by atoms with Crippen molar-refractivity contribution in [3.63, 3.8) is 0 Å². The molecule has 0 spiro atoms. The fourth-order valence-corrected chi connectivity index (χ4v) is 5.14. The highest BCUT2D eigenvalue weighted by Crippen LogP contribution is 2.21. The van der Waals surface area contributed by atoms with E-state index in [-0.39, 0.29) is 12.0 Å². The van der Waals surface area contributed by atoms with E-state index in [1.165, 1.54) is 23.6 Å². The number of aliphatic hydroxyl groups excluding tert-OH is 1. The number of rotatable bonds is 9. The molecule has 0 bridgehead atoms. The summed E-state index contributed by atoms with van der Waals surface area (Å²) in [5, 5.41) is 15.6. The lowest BCUT2D eigenvalue weighted by molar-refractivity contribution is -0.131. The Morgan fingerprint density at radius 3 is 2.50 bits per heavy atom. The van der Waals surface area contributed by atoms with Gasteiger partial charge in [0.2, 0.25) is 5.91 Å². The Labute approximate surface area is 192 Å². The highest BCUT2D eigenvalue weighted by molar-refractivity contribution is 5.90. The van der Waals surface area contributed by atoms with Crippen LogP contribution in [0.2, 0.25) is 0 Å². The SMILES string of the molecule is O=C(Cc1cccc2ccccc12)N1CCC(CNCCCCN2CCC(O)CC2)CC1. The summed E-state index contributed by atoms with van der Waals surface area (Å²) >= 11 is 0. The molecule has 2 fully saturated rings. The summed E-state index contributed by atoms with van der Waals surface area (Å²) in [7, 11) is 0. The maximum Gasteiger partial charge on any atom is 0.227 e. The molecule has 4 rings (SSSR count). The Morgan fingerprint density at radius 1 is 0.938 bits per heavy atom. The Kier molecular flexibility index (Phi) is 8.55. The van der Waals surface area contributed by atoms with Crippen LogP contribution in [0.1, 0.15) is 44.1 Å². The van der Waals surface area contributed by atoms with Crippen molar-refractivity contribution in [2.45, 2.75) is 51.0 Å². The minimum atomic E-state index is -0.0761. The van der Waals surface area contributed by atoms with E-state index in [0.717, 1.165) is 77.1 Å². The topological polar surface area (TPSA) is 55.8 Å². The van der Waals surface area contributed by atoms with Gasteiger partial charge in [-0.1, -0.05) is 42.5 Å². The molecule has 0 atom stereocenters. The predicted octanol–water partition coefficient (Wildman–Crippen LogP) is 3.45. The number of aliphatic hydroxyl groups is 1. The van der Waals surface area contributed by atoms with E-state index >= 15 is 0 Å². The first-order chi connectivity index (χ1) is 15.7. The normalized spacial score (nSPS) is 19.0. The summed E-state index contributed by atoms with van der Waals surface area (Å²) in [5.41, 5.74) is 1.14. The Morgan fingerprint density at radius 2 is 1.69 bits per heavy atom. The van der Waals surface area contributed by atoms with Crippen LogP contribution < -0.4 is 5.32 Å². The Bertz CT molecular complexity index is 850. The smallest absolute Gasteiger partial charge is 0.227 e. The molecular formula is C27H39N3O2. The molecule has 2 saturated heterocycles. The molecule has 2 aliphatic rings. The molecule has 5 nitrogen and oxygen atoms in total. The number of unbranched alkanes of at least 4 members (excludes halogenated alkanes) is 1. The molecule has 0 aliphatic carbocycles. The van der Waals surface area contributed by atoms with Crippen LogP contribution in [0.3, 0.4) is 0 Å². The predicted molar refractivity (Wildman–Crippen MR) is 131 cm³/mol. The van der Waals surface area contributed by atoms with Gasteiger partial charge in [0.25, 0.3) is 0 Å². The van der Waals surface area contributed by atoms with Crippen LogP contribution in [0, 0.1) is 5.92 Å². The van der Waals surface area contributed by atoms with Gasteiger partial charge in [0.15, 0.2) is 0 Å². The number of fused-ring (bicyclic) bond motifs is 1. The number of amides is 1. The van der Waals surface area contributed by atoms with Crippen molar-refractivity contribution in [2.75, 3.05) is 45.8 Å². The average Bonchev–Trinajstić information content (AvgIpc) is 2.83. The van der Waals surface area contributed by atoms with Gasteiger partial charge < -0.3 is 20.2 Å². The highest BCUT2D eigenvalue weighted by Gasteiger charge is 2.23. The molecule has 174 valence electrons. The number of hydrogen-bond donors (Lipinski definition) is 2. The molecule has 0 saturated carbocycles. The largest absolute Gasteiger partial charge is 0.393 e. The zero-order chi connectivity index (χ0) is 22.2. The van der Waals surface area contributed by atoms with Crippen molar-refractivity contribution in [3.8, 4) is 0 Å². The molecule has 2 aliphatic heterocycles. The van der Waals surface area contributed by atoms with Crippen molar-refractivity contribution in [1.82, 2.24) is 15.1 Å². The van der Waals surface area contributed by atoms with Crippen molar-refractivity contribution in [3.05, 3.63) is 48.0 Å². The van der Waals surface area contributed by atoms with E-state index in [4.69, 9.17) is 0 Å². The molecule has 5 heteroatoms. The van der Waals surface area contributed by atoms with Crippen LogP contribution in [-0.4, -0.2) is 72.7 Å². The molecule has 1 amide bonds.